The standard InChI is InChI=1S/C43H61N11O15/c1-20(2)34(42(67)48-22(4)36(61)53-31(19-56)41(66)51-29(43(68)69)15-23-8-6-5-7-9-23)54-39(64)28(17-33(46)59)50-40(65)30(18-55)52-35(60)21(3)47-38(63)27(16-32(45)58)49-37(62)26(44)14-24-10-12-25(57)13-11-24/h5-13,20-22,26-31,34,55-57H,14-19,44H2,1-4H3,(H2,45,58)(H2,46,59)(H,47,63)(H,48,67)(H,49,62)(H,50,65)(H,51,66)(H,52,60)(H,53,61)(H,54,64)(H,68,69)/t21-,22-,26-,27-,28-,29-,30-,31-,34-/m0/s1. The van der Waals surface area contributed by atoms with Crippen molar-refractivity contribution in [3.8, 4) is 5.75 Å². The normalized spacial score (nSPS) is 14.8. The molecule has 0 aromatic heterocycles. The molecule has 0 aliphatic heterocycles. The Bertz CT molecular complexity index is 2160. The highest BCUT2D eigenvalue weighted by Gasteiger charge is 2.35. The number of carboxylic acid groups (broad SMARTS) is 1. The van der Waals surface area contributed by atoms with E-state index in [1.54, 1.807) is 30.3 Å². The van der Waals surface area contributed by atoms with E-state index in [0.717, 1.165) is 6.92 Å². The number of aliphatic hydroxyl groups is 2. The van der Waals surface area contributed by atoms with Crippen molar-refractivity contribution in [1.82, 2.24) is 42.5 Å². The number of rotatable bonds is 28. The summed E-state index contributed by atoms with van der Waals surface area (Å²) in [4.78, 5) is 141. The molecule has 18 N–H and O–H groups in total. The van der Waals surface area contributed by atoms with Crippen molar-refractivity contribution >= 4 is 65.0 Å². The summed E-state index contributed by atoms with van der Waals surface area (Å²) >= 11 is 0. The molecule has 0 heterocycles. The molecule has 0 aliphatic carbocycles. The molecule has 26 nitrogen and oxygen atoms in total. The summed E-state index contributed by atoms with van der Waals surface area (Å²) in [7, 11) is 0. The molecule has 26 heteroatoms. The lowest BCUT2D eigenvalue weighted by atomic mass is 10.0. The van der Waals surface area contributed by atoms with Gasteiger partial charge in [0.15, 0.2) is 0 Å². The first-order chi connectivity index (χ1) is 32.4. The number of nitrogens with two attached hydrogens (primary N) is 3. The molecule has 0 saturated carbocycles. The van der Waals surface area contributed by atoms with Gasteiger partial charge in [0.25, 0.3) is 0 Å². The SMILES string of the molecule is CC(C)[C@H](NC(=O)[C@H](CC(N)=O)NC(=O)[C@H](CO)NC(=O)[C@H](C)NC(=O)[C@H](CC(N)=O)NC(=O)[C@@H](N)Cc1ccc(O)cc1)C(=O)N[C@@H](C)C(=O)N[C@@H](CO)C(=O)N[C@@H](Cc1ccccc1)C(=O)O. The van der Waals surface area contributed by atoms with Gasteiger partial charge in [0.1, 0.15) is 54.1 Å². The van der Waals surface area contributed by atoms with Crippen LogP contribution in [-0.2, 0) is 65.6 Å². The van der Waals surface area contributed by atoms with Gasteiger partial charge in [-0.15, -0.1) is 0 Å². The van der Waals surface area contributed by atoms with Crippen LogP contribution in [0.25, 0.3) is 0 Å². The second-order valence-corrected chi connectivity index (χ2v) is 16.2. The number of carbonyl (C=O) groups excluding carboxylic acids is 10. The molecule has 0 bridgehead atoms. The van der Waals surface area contributed by atoms with Crippen LogP contribution in [0, 0.1) is 5.92 Å². The maximum Gasteiger partial charge on any atom is 0.326 e. The van der Waals surface area contributed by atoms with Crippen molar-refractivity contribution in [3.05, 3.63) is 65.7 Å². The Kier molecular flexibility index (Phi) is 23.1. The number of hydrogen-bond acceptors (Lipinski definition) is 15. The summed E-state index contributed by atoms with van der Waals surface area (Å²) in [6, 6.07) is 0.196. The second kappa shape index (κ2) is 27.8. The lowest BCUT2D eigenvalue weighted by Gasteiger charge is -2.27. The van der Waals surface area contributed by atoms with Crippen molar-refractivity contribution in [2.45, 2.75) is 108 Å². The van der Waals surface area contributed by atoms with Crippen molar-refractivity contribution in [2.75, 3.05) is 13.2 Å². The van der Waals surface area contributed by atoms with Gasteiger partial charge in [-0.05, 0) is 49.4 Å². The molecule has 2 aromatic carbocycles. The van der Waals surface area contributed by atoms with E-state index in [2.05, 4.69) is 42.5 Å². The molecular formula is C43H61N11O15. The van der Waals surface area contributed by atoms with Crippen LogP contribution in [-0.4, -0.2) is 153 Å². The van der Waals surface area contributed by atoms with Gasteiger partial charge in [-0.25, -0.2) is 4.79 Å². The molecule has 2 aromatic rings. The Hall–Kier alpha value is -7.71. The summed E-state index contributed by atoms with van der Waals surface area (Å²) in [6.07, 6.45) is -1.70. The maximum absolute atomic E-state index is 13.5. The van der Waals surface area contributed by atoms with Crippen LogP contribution in [0.1, 0.15) is 51.7 Å². The average Bonchev–Trinajstić information content (AvgIpc) is 3.28. The molecule has 0 unspecified atom stereocenters. The highest BCUT2D eigenvalue weighted by Crippen LogP contribution is 2.12. The monoisotopic (exact) mass is 971 g/mol. The first-order valence-electron chi connectivity index (χ1n) is 21.4. The summed E-state index contributed by atoms with van der Waals surface area (Å²) in [6.45, 7) is 3.30. The number of aliphatic hydroxyl groups excluding tert-OH is 2. The van der Waals surface area contributed by atoms with Crippen LogP contribution in [0.3, 0.4) is 0 Å². The fourth-order valence-electron chi connectivity index (χ4n) is 6.19. The molecule has 378 valence electrons. The number of primary amides is 2. The number of benzene rings is 2. The third-order valence-corrected chi connectivity index (χ3v) is 10.1. The number of aliphatic carboxylic acids is 1. The zero-order valence-corrected chi connectivity index (χ0v) is 38.2. The van der Waals surface area contributed by atoms with Gasteiger partial charge in [0, 0.05) is 6.42 Å². The Morgan fingerprint density at radius 3 is 1.30 bits per heavy atom. The molecule has 69 heavy (non-hydrogen) atoms. The van der Waals surface area contributed by atoms with Crippen molar-refractivity contribution in [1.29, 1.82) is 0 Å². The van der Waals surface area contributed by atoms with Crippen LogP contribution < -0.4 is 59.7 Å². The van der Waals surface area contributed by atoms with E-state index in [1.807, 2.05) is 0 Å². The topological polar surface area (TPSA) is 443 Å². The Morgan fingerprint density at radius 2 is 0.870 bits per heavy atom. The highest BCUT2D eigenvalue weighted by atomic mass is 16.4. The van der Waals surface area contributed by atoms with E-state index in [9.17, 15) is 73.2 Å². The summed E-state index contributed by atoms with van der Waals surface area (Å²) in [5.74, 6) is -12.6. The minimum Gasteiger partial charge on any atom is -0.508 e. The molecule has 0 saturated heterocycles. The number of carboxylic acids is 1. The van der Waals surface area contributed by atoms with E-state index in [0.29, 0.717) is 11.1 Å². The van der Waals surface area contributed by atoms with Gasteiger partial charge in [0.05, 0.1) is 32.1 Å². The highest BCUT2D eigenvalue weighted by molar-refractivity contribution is 5.99. The van der Waals surface area contributed by atoms with Gasteiger partial charge in [0.2, 0.25) is 59.1 Å². The minimum atomic E-state index is -1.83. The van der Waals surface area contributed by atoms with E-state index in [1.165, 1.54) is 45.0 Å². The van der Waals surface area contributed by atoms with Gasteiger partial charge < -0.3 is 80.2 Å². The molecule has 9 atom stereocenters. The number of phenols is 1. The van der Waals surface area contributed by atoms with Crippen LogP contribution >= 0.6 is 0 Å². The summed E-state index contributed by atoms with van der Waals surface area (Å²) in [5.41, 5.74) is 17.7. The van der Waals surface area contributed by atoms with E-state index in [-0.39, 0.29) is 18.6 Å². The molecule has 0 fully saturated rings. The number of hydrogen-bond donors (Lipinski definition) is 15. The summed E-state index contributed by atoms with van der Waals surface area (Å²) in [5, 5.41) is 57.0. The van der Waals surface area contributed by atoms with Crippen LogP contribution in [0.15, 0.2) is 54.6 Å². The van der Waals surface area contributed by atoms with Gasteiger partial charge >= 0.3 is 5.97 Å². The zero-order valence-electron chi connectivity index (χ0n) is 38.2. The van der Waals surface area contributed by atoms with Crippen LogP contribution in [0.5, 0.6) is 5.75 Å². The van der Waals surface area contributed by atoms with Gasteiger partial charge in [-0.3, -0.25) is 47.9 Å². The number of nitrogens with one attached hydrogen (secondary N) is 8. The molecule has 10 amide bonds. The minimum absolute atomic E-state index is 0.0232. The van der Waals surface area contributed by atoms with Crippen LogP contribution in [0.4, 0.5) is 0 Å². The molecular weight excluding hydrogens is 911 g/mol. The van der Waals surface area contributed by atoms with Crippen molar-refractivity contribution in [3.63, 3.8) is 0 Å². The third-order valence-electron chi connectivity index (χ3n) is 10.1. The third kappa shape index (κ3) is 19.6. The first-order valence-corrected chi connectivity index (χ1v) is 21.4. The number of aromatic hydroxyl groups is 1. The maximum atomic E-state index is 13.5. The Labute approximate surface area is 395 Å². The first kappa shape index (κ1) is 57.4. The fraction of sp³-hybridized carbons (Fsp3) is 0.465. The van der Waals surface area contributed by atoms with Gasteiger partial charge in [-0.2, -0.15) is 0 Å². The number of phenolic OH excluding ortho intramolecular Hbond substituents is 1. The largest absolute Gasteiger partial charge is 0.508 e. The molecule has 0 aliphatic rings. The van der Waals surface area contributed by atoms with E-state index < -0.39 is 151 Å². The average molecular weight is 972 g/mol. The fourth-order valence-corrected chi connectivity index (χ4v) is 6.19. The van der Waals surface area contributed by atoms with E-state index >= 15 is 0 Å². The van der Waals surface area contributed by atoms with Crippen molar-refractivity contribution < 1.29 is 73.2 Å². The lowest BCUT2D eigenvalue weighted by Crippen LogP contribution is -2.61. The molecule has 2 rings (SSSR count). The number of carbonyl (C=O) groups is 11. The predicted octanol–water partition coefficient (Wildman–Crippen LogP) is -6.10. The smallest absolute Gasteiger partial charge is 0.326 e. The zero-order chi connectivity index (χ0) is 52.1. The molecule has 0 spiro atoms. The van der Waals surface area contributed by atoms with Gasteiger partial charge in [-0.1, -0.05) is 56.3 Å². The van der Waals surface area contributed by atoms with Crippen molar-refractivity contribution in [2.24, 2.45) is 23.1 Å². The predicted molar refractivity (Wildman–Crippen MR) is 241 cm³/mol. The molecule has 0 radical (unpaired) electrons. The Morgan fingerprint density at radius 1 is 0.478 bits per heavy atom. The second-order valence-electron chi connectivity index (χ2n) is 16.2. The lowest BCUT2D eigenvalue weighted by molar-refractivity contribution is -0.142. The quantitative estimate of drug-likeness (QED) is 0.0377. The van der Waals surface area contributed by atoms with Crippen LogP contribution in [0.2, 0.25) is 0 Å². The van der Waals surface area contributed by atoms with E-state index in [4.69, 9.17) is 17.2 Å². The summed E-state index contributed by atoms with van der Waals surface area (Å²) < 4.78 is 0. The Balaban J connectivity index is 2.07. The number of amides is 10.